The molecule has 0 amide bonds. The SMILES string of the molecule is Nc1cc(Cl)c(S(=O)(=O)NCc2ncon2)c(Cl)c1. The van der Waals surface area contributed by atoms with E-state index in [2.05, 4.69) is 19.4 Å². The monoisotopic (exact) mass is 322 g/mol. The van der Waals surface area contributed by atoms with Crippen molar-refractivity contribution in [2.45, 2.75) is 11.4 Å². The third kappa shape index (κ3) is 3.16. The molecule has 0 bridgehead atoms. The second-order valence-electron chi connectivity index (χ2n) is 3.49. The molecule has 0 atom stereocenters. The van der Waals surface area contributed by atoms with Crippen molar-refractivity contribution in [2.75, 3.05) is 5.73 Å². The van der Waals surface area contributed by atoms with Crippen LogP contribution in [-0.2, 0) is 16.6 Å². The van der Waals surface area contributed by atoms with Crippen LogP contribution >= 0.6 is 23.2 Å². The number of aromatic nitrogens is 2. The zero-order chi connectivity index (χ0) is 14.0. The van der Waals surface area contributed by atoms with E-state index >= 15 is 0 Å². The van der Waals surface area contributed by atoms with Crippen molar-refractivity contribution >= 4 is 38.9 Å². The standard InChI is InChI=1S/C9H8Cl2N4O3S/c10-6-1-5(12)2-7(11)9(6)19(16,17)14-3-8-13-4-18-15-8/h1-2,4,14H,3,12H2. The lowest BCUT2D eigenvalue weighted by atomic mass is 10.3. The first-order valence-electron chi connectivity index (χ1n) is 4.89. The van der Waals surface area contributed by atoms with Gasteiger partial charge in [-0.05, 0) is 12.1 Å². The Morgan fingerprint density at radius 1 is 1.32 bits per heavy atom. The minimum atomic E-state index is -3.91. The van der Waals surface area contributed by atoms with Crippen LogP contribution in [0.1, 0.15) is 5.82 Å². The number of halogens is 2. The third-order valence-corrected chi connectivity index (χ3v) is 4.44. The van der Waals surface area contributed by atoms with Gasteiger partial charge in [-0.2, -0.15) is 4.98 Å². The van der Waals surface area contributed by atoms with Crippen LogP contribution in [0.5, 0.6) is 0 Å². The average molecular weight is 323 g/mol. The summed E-state index contributed by atoms with van der Waals surface area (Å²) in [6, 6.07) is 2.60. The van der Waals surface area contributed by atoms with Gasteiger partial charge in [-0.1, -0.05) is 28.4 Å². The summed E-state index contributed by atoms with van der Waals surface area (Å²) in [5, 5.41) is 3.34. The second kappa shape index (κ2) is 5.33. The predicted octanol–water partition coefficient (Wildman–Crippen LogP) is 1.44. The van der Waals surface area contributed by atoms with E-state index in [1.165, 1.54) is 12.1 Å². The van der Waals surface area contributed by atoms with Gasteiger partial charge in [-0.15, -0.1) is 0 Å². The number of rotatable bonds is 4. The summed E-state index contributed by atoms with van der Waals surface area (Å²) in [6.45, 7) is -0.143. The lowest BCUT2D eigenvalue weighted by molar-refractivity contribution is 0.409. The smallest absolute Gasteiger partial charge is 0.243 e. The first-order valence-corrected chi connectivity index (χ1v) is 7.13. The van der Waals surface area contributed by atoms with E-state index in [0.717, 1.165) is 6.39 Å². The topological polar surface area (TPSA) is 111 Å². The molecule has 19 heavy (non-hydrogen) atoms. The van der Waals surface area contributed by atoms with Crippen LogP contribution in [0.15, 0.2) is 27.9 Å². The zero-order valence-electron chi connectivity index (χ0n) is 9.30. The molecule has 0 saturated heterocycles. The molecule has 0 aliphatic rings. The Morgan fingerprint density at radius 3 is 2.47 bits per heavy atom. The molecule has 102 valence electrons. The molecule has 1 aromatic carbocycles. The molecule has 7 nitrogen and oxygen atoms in total. The van der Waals surface area contributed by atoms with Gasteiger partial charge in [0.15, 0.2) is 5.82 Å². The lowest BCUT2D eigenvalue weighted by Gasteiger charge is -2.09. The highest BCUT2D eigenvalue weighted by Crippen LogP contribution is 2.31. The van der Waals surface area contributed by atoms with Crippen molar-refractivity contribution in [2.24, 2.45) is 0 Å². The average Bonchev–Trinajstić information content (AvgIpc) is 2.77. The maximum Gasteiger partial charge on any atom is 0.243 e. The second-order valence-corrected chi connectivity index (χ2v) is 6.00. The van der Waals surface area contributed by atoms with Crippen molar-refractivity contribution in [3.63, 3.8) is 0 Å². The molecule has 2 aromatic rings. The Labute approximate surface area is 118 Å². The Morgan fingerprint density at radius 2 is 1.95 bits per heavy atom. The first-order chi connectivity index (χ1) is 8.90. The molecule has 1 heterocycles. The molecule has 0 aliphatic carbocycles. The van der Waals surface area contributed by atoms with Crippen molar-refractivity contribution in [3.05, 3.63) is 34.4 Å². The van der Waals surface area contributed by atoms with Gasteiger partial charge in [-0.25, -0.2) is 13.1 Å². The molecule has 0 saturated carbocycles. The van der Waals surface area contributed by atoms with E-state index in [1.54, 1.807) is 0 Å². The Bertz CT molecular complexity index is 664. The number of nitrogens with one attached hydrogen (secondary N) is 1. The summed E-state index contributed by atoms with van der Waals surface area (Å²) in [5.41, 5.74) is 5.78. The van der Waals surface area contributed by atoms with E-state index in [4.69, 9.17) is 28.9 Å². The number of nitrogens with zero attached hydrogens (tertiary/aromatic N) is 2. The third-order valence-electron chi connectivity index (χ3n) is 2.12. The van der Waals surface area contributed by atoms with Gasteiger partial charge in [0.2, 0.25) is 16.4 Å². The summed E-state index contributed by atoms with van der Waals surface area (Å²) >= 11 is 11.7. The van der Waals surface area contributed by atoms with E-state index in [1.807, 2.05) is 0 Å². The van der Waals surface area contributed by atoms with Gasteiger partial charge in [0.05, 0.1) is 16.6 Å². The molecule has 0 radical (unpaired) electrons. The van der Waals surface area contributed by atoms with Gasteiger partial charge in [0, 0.05) is 5.69 Å². The largest absolute Gasteiger partial charge is 0.399 e. The summed E-state index contributed by atoms with van der Waals surface area (Å²) in [6.07, 6.45) is 1.09. The molecular formula is C9H8Cl2N4O3S. The number of nitrogen functional groups attached to an aromatic ring is 1. The highest BCUT2D eigenvalue weighted by molar-refractivity contribution is 7.89. The Hall–Kier alpha value is -1.35. The van der Waals surface area contributed by atoms with Crippen LogP contribution in [0.3, 0.4) is 0 Å². The molecule has 2 rings (SSSR count). The molecule has 0 spiro atoms. The first kappa shape index (κ1) is 14.1. The number of nitrogens with two attached hydrogens (primary N) is 1. The fraction of sp³-hybridized carbons (Fsp3) is 0.111. The fourth-order valence-corrected chi connectivity index (χ4v) is 3.55. The van der Waals surface area contributed by atoms with Crippen molar-refractivity contribution in [1.29, 1.82) is 0 Å². The number of sulfonamides is 1. The maximum absolute atomic E-state index is 12.1. The van der Waals surface area contributed by atoms with Gasteiger partial charge < -0.3 is 10.3 Å². The fourth-order valence-electron chi connectivity index (χ4n) is 1.34. The van der Waals surface area contributed by atoms with Crippen LogP contribution < -0.4 is 10.5 Å². The van der Waals surface area contributed by atoms with Crippen molar-refractivity contribution in [3.8, 4) is 0 Å². The molecule has 0 aliphatic heterocycles. The Kier molecular flexibility index (Phi) is 3.95. The van der Waals surface area contributed by atoms with Crippen molar-refractivity contribution in [1.82, 2.24) is 14.9 Å². The number of benzene rings is 1. The van der Waals surface area contributed by atoms with E-state index in [9.17, 15) is 8.42 Å². The van der Waals surface area contributed by atoms with Crippen LogP contribution in [0.25, 0.3) is 0 Å². The lowest BCUT2D eigenvalue weighted by Crippen LogP contribution is -2.24. The summed E-state index contributed by atoms with van der Waals surface area (Å²) in [4.78, 5) is 3.44. The van der Waals surface area contributed by atoms with Crippen LogP contribution in [0.2, 0.25) is 10.0 Å². The van der Waals surface area contributed by atoms with Gasteiger partial charge in [0.25, 0.3) is 0 Å². The highest BCUT2D eigenvalue weighted by Gasteiger charge is 2.22. The summed E-state index contributed by atoms with van der Waals surface area (Å²) in [5.74, 6) is 0.186. The highest BCUT2D eigenvalue weighted by atomic mass is 35.5. The predicted molar refractivity (Wildman–Crippen MR) is 69.2 cm³/mol. The Balaban J connectivity index is 2.29. The van der Waals surface area contributed by atoms with Gasteiger partial charge in [-0.3, -0.25) is 0 Å². The molecule has 0 fully saturated rings. The van der Waals surface area contributed by atoms with Gasteiger partial charge in [0.1, 0.15) is 4.90 Å². The minimum absolute atomic E-state index is 0.0642. The van der Waals surface area contributed by atoms with Gasteiger partial charge >= 0.3 is 0 Å². The van der Waals surface area contributed by atoms with Crippen LogP contribution in [-0.4, -0.2) is 18.6 Å². The number of hydrogen-bond acceptors (Lipinski definition) is 6. The quantitative estimate of drug-likeness (QED) is 0.824. The normalized spacial score (nSPS) is 11.7. The maximum atomic E-state index is 12.1. The zero-order valence-corrected chi connectivity index (χ0v) is 11.6. The van der Waals surface area contributed by atoms with Crippen LogP contribution in [0.4, 0.5) is 5.69 Å². The number of anilines is 1. The molecule has 3 N–H and O–H groups in total. The molecule has 1 aromatic heterocycles. The summed E-state index contributed by atoms with van der Waals surface area (Å²) in [7, 11) is -3.91. The van der Waals surface area contributed by atoms with E-state index in [-0.39, 0.29) is 33.0 Å². The molecule has 10 heteroatoms. The van der Waals surface area contributed by atoms with E-state index in [0.29, 0.717) is 0 Å². The van der Waals surface area contributed by atoms with Crippen molar-refractivity contribution < 1.29 is 12.9 Å². The number of hydrogen-bond donors (Lipinski definition) is 2. The molecular weight excluding hydrogens is 315 g/mol. The summed E-state index contributed by atoms with van der Waals surface area (Å²) < 4.78 is 30.9. The minimum Gasteiger partial charge on any atom is -0.399 e. The van der Waals surface area contributed by atoms with E-state index < -0.39 is 10.0 Å². The molecule has 0 unspecified atom stereocenters. The van der Waals surface area contributed by atoms with Crippen LogP contribution in [0, 0.1) is 0 Å².